The standard InChI is InChI=1S/C19H23ClN4O/c20-17-11-18(23-19(22-17)16-5-6-16)21-12-14-1-3-15(4-2-14)13-24-7-9-25-10-8-24/h1-4,11,16H,5-10,12-13H2,(H,21,22,23). The molecule has 25 heavy (non-hydrogen) atoms. The van der Waals surface area contributed by atoms with Gasteiger partial charge in [-0.15, -0.1) is 0 Å². The molecule has 1 aliphatic heterocycles. The first kappa shape index (κ1) is 16.8. The molecule has 0 radical (unpaired) electrons. The van der Waals surface area contributed by atoms with Crippen LogP contribution in [0.2, 0.25) is 5.15 Å². The van der Waals surface area contributed by atoms with Crippen molar-refractivity contribution in [2.75, 3.05) is 31.6 Å². The fourth-order valence-electron chi connectivity index (χ4n) is 3.02. The number of morpholine rings is 1. The molecule has 0 bridgehead atoms. The van der Waals surface area contributed by atoms with E-state index in [-0.39, 0.29) is 0 Å². The minimum atomic E-state index is 0.499. The van der Waals surface area contributed by atoms with Crippen LogP contribution in [0.15, 0.2) is 30.3 Å². The highest BCUT2D eigenvalue weighted by Gasteiger charge is 2.27. The first-order valence-corrected chi connectivity index (χ1v) is 9.30. The highest BCUT2D eigenvalue weighted by molar-refractivity contribution is 6.29. The van der Waals surface area contributed by atoms with Gasteiger partial charge in [0.1, 0.15) is 16.8 Å². The van der Waals surface area contributed by atoms with Crippen molar-refractivity contribution in [2.24, 2.45) is 0 Å². The van der Waals surface area contributed by atoms with Crippen molar-refractivity contribution in [2.45, 2.75) is 31.8 Å². The summed E-state index contributed by atoms with van der Waals surface area (Å²) in [5, 5.41) is 3.88. The van der Waals surface area contributed by atoms with Crippen LogP contribution in [0.4, 0.5) is 5.82 Å². The van der Waals surface area contributed by atoms with Crippen molar-refractivity contribution >= 4 is 17.4 Å². The molecule has 1 saturated carbocycles. The topological polar surface area (TPSA) is 50.3 Å². The lowest BCUT2D eigenvalue weighted by atomic mass is 10.1. The van der Waals surface area contributed by atoms with Crippen LogP contribution in [0.1, 0.15) is 35.7 Å². The molecule has 2 aromatic rings. The van der Waals surface area contributed by atoms with Crippen molar-refractivity contribution < 1.29 is 4.74 Å². The predicted octanol–water partition coefficient (Wildman–Crippen LogP) is 3.45. The molecular weight excluding hydrogens is 336 g/mol. The van der Waals surface area contributed by atoms with E-state index in [1.165, 1.54) is 24.0 Å². The average Bonchev–Trinajstić information content (AvgIpc) is 3.47. The van der Waals surface area contributed by atoms with Gasteiger partial charge in [-0.1, -0.05) is 35.9 Å². The molecule has 2 heterocycles. The molecule has 6 heteroatoms. The summed E-state index contributed by atoms with van der Waals surface area (Å²) >= 11 is 6.11. The van der Waals surface area contributed by atoms with E-state index < -0.39 is 0 Å². The second-order valence-electron chi connectivity index (χ2n) is 6.77. The number of halogens is 1. The molecule has 1 saturated heterocycles. The molecule has 1 aromatic carbocycles. The van der Waals surface area contributed by atoms with Crippen LogP contribution in [0.3, 0.4) is 0 Å². The maximum Gasteiger partial charge on any atom is 0.135 e. The van der Waals surface area contributed by atoms with Gasteiger partial charge in [-0.3, -0.25) is 4.90 Å². The first-order valence-electron chi connectivity index (χ1n) is 8.92. The molecule has 2 aliphatic rings. The molecule has 2 fully saturated rings. The summed E-state index contributed by atoms with van der Waals surface area (Å²) in [4.78, 5) is 11.3. The minimum Gasteiger partial charge on any atom is -0.379 e. The molecule has 0 atom stereocenters. The van der Waals surface area contributed by atoms with Gasteiger partial charge in [-0.25, -0.2) is 9.97 Å². The Morgan fingerprint density at radius 2 is 1.80 bits per heavy atom. The fourth-order valence-corrected chi connectivity index (χ4v) is 3.21. The van der Waals surface area contributed by atoms with Gasteiger partial charge in [-0.2, -0.15) is 0 Å². The van der Waals surface area contributed by atoms with E-state index >= 15 is 0 Å². The molecule has 0 unspecified atom stereocenters. The third-order valence-corrected chi connectivity index (χ3v) is 4.85. The van der Waals surface area contributed by atoms with Gasteiger partial charge in [0.2, 0.25) is 0 Å². The first-order chi connectivity index (χ1) is 12.3. The van der Waals surface area contributed by atoms with Gasteiger partial charge >= 0.3 is 0 Å². The van der Waals surface area contributed by atoms with Crippen LogP contribution in [-0.2, 0) is 17.8 Å². The van der Waals surface area contributed by atoms with Crippen LogP contribution >= 0.6 is 11.6 Å². The van der Waals surface area contributed by atoms with E-state index in [0.29, 0.717) is 11.1 Å². The number of nitrogens with zero attached hydrogens (tertiary/aromatic N) is 3. The molecule has 4 rings (SSSR count). The maximum absolute atomic E-state index is 6.11. The molecule has 0 amide bonds. The normalized spacial score (nSPS) is 18.3. The SMILES string of the molecule is Clc1cc(NCc2ccc(CN3CCOCC3)cc2)nc(C2CC2)n1. The van der Waals surface area contributed by atoms with Crippen LogP contribution in [-0.4, -0.2) is 41.2 Å². The third kappa shape index (κ3) is 4.69. The van der Waals surface area contributed by atoms with Crippen molar-refractivity contribution in [3.8, 4) is 0 Å². The van der Waals surface area contributed by atoms with Crippen molar-refractivity contribution in [3.05, 3.63) is 52.4 Å². The van der Waals surface area contributed by atoms with E-state index in [4.69, 9.17) is 16.3 Å². The van der Waals surface area contributed by atoms with Gasteiger partial charge < -0.3 is 10.1 Å². The van der Waals surface area contributed by atoms with E-state index in [1.54, 1.807) is 6.07 Å². The zero-order chi connectivity index (χ0) is 17.1. The lowest BCUT2D eigenvalue weighted by Gasteiger charge is -2.26. The number of nitrogens with one attached hydrogen (secondary N) is 1. The largest absolute Gasteiger partial charge is 0.379 e. The Hall–Kier alpha value is -1.69. The lowest BCUT2D eigenvalue weighted by Crippen LogP contribution is -2.35. The van der Waals surface area contributed by atoms with Crippen molar-refractivity contribution in [3.63, 3.8) is 0 Å². The average molecular weight is 359 g/mol. The Balaban J connectivity index is 1.33. The van der Waals surface area contributed by atoms with E-state index in [1.807, 2.05) is 0 Å². The van der Waals surface area contributed by atoms with Gasteiger partial charge in [-0.05, 0) is 24.0 Å². The fraction of sp³-hybridized carbons (Fsp3) is 0.474. The number of aromatic nitrogens is 2. The predicted molar refractivity (Wildman–Crippen MR) is 98.9 cm³/mol. The highest BCUT2D eigenvalue weighted by atomic mass is 35.5. The Bertz CT molecular complexity index is 712. The number of ether oxygens (including phenoxy) is 1. The van der Waals surface area contributed by atoms with Crippen LogP contribution in [0, 0.1) is 0 Å². The van der Waals surface area contributed by atoms with Gasteiger partial charge in [0, 0.05) is 38.2 Å². The summed E-state index contributed by atoms with van der Waals surface area (Å²) in [5.41, 5.74) is 2.57. The highest BCUT2D eigenvalue weighted by Crippen LogP contribution is 2.38. The molecule has 132 valence electrons. The molecule has 1 aromatic heterocycles. The minimum absolute atomic E-state index is 0.499. The van der Waals surface area contributed by atoms with Gasteiger partial charge in [0.05, 0.1) is 13.2 Å². The molecule has 1 N–H and O–H groups in total. The Kier molecular flexibility index (Phi) is 5.15. The monoisotopic (exact) mass is 358 g/mol. The Labute approximate surface area is 153 Å². The summed E-state index contributed by atoms with van der Waals surface area (Å²) in [6.45, 7) is 5.43. The smallest absolute Gasteiger partial charge is 0.135 e. The molecule has 5 nitrogen and oxygen atoms in total. The number of hydrogen-bond acceptors (Lipinski definition) is 5. The van der Waals surface area contributed by atoms with Crippen molar-refractivity contribution in [1.29, 1.82) is 0 Å². The lowest BCUT2D eigenvalue weighted by molar-refractivity contribution is 0.0342. The third-order valence-electron chi connectivity index (χ3n) is 4.66. The Morgan fingerprint density at radius 3 is 2.52 bits per heavy atom. The van der Waals surface area contributed by atoms with Crippen LogP contribution < -0.4 is 5.32 Å². The molecule has 0 spiro atoms. The quantitative estimate of drug-likeness (QED) is 0.801. The van der Waals surface area contributed by atoms with Crippen LogP contribution in [0.5, 0.6) is 0 Å². The summed E-state index contributed by atoms with van der Waals surface area (Å²) in [6, 6.07) is 10.5. The Morgan fingerprint density at radius 1 is 1.08 bits per heavy atom. The number of hydrogen-bond donors (Lipinski definition) is 1. The van der Waals surface area contributed by atoms with Crippen LogP contribution in [0.25, 0.3) is 0 Å². The summed E-state index contributed by atoms with van der Waals surface area (Å²) < 4.78 is 5.40. The summed E-state index contributed by atoms with van der Waals surface area (Å²) in [7, 11) is 0. The second-order valence-corrected chi connectivity index (χ2v) is 7.15. The number of benzene rings is 1. The molecule has 1 aliphatic carbocycles. The molecular formula is C19H23ClN4O. The summed E-state index contributed by atoms with van der Waals surface area (Å²) in [6.07, 6.45) is 2.34. The van der Waals surface area contributed by atoms with E-state index in [0.717, 1.165) is 51.0 Å². The zero-order valence-corrected chi connectivity index (χ0v) is 15.0. The van der Waals surface area contributed by atoms with E-state index in [2.05, 4.69) is 44.5 Å². The van der Waals surface area contributed by atoms with Crippen molar-refractivity contribution in [1.82, 2.24) is 14.9 Å². The second kappa shape index (κ2) is 7.68. The number of rotatable bonds is 6. The summed E-state index contributed by atoms with van der Waals surface area (Å²) in [5.74, 6) is 2.17. The zero-order valence-electron chi connectivity index (χ0n) is 14.2. The van der Waals surface area contributed by atoms with Gasteiger partial charge in [0.25, 0.3) is 0 Å². The number of anilines is 1. The van der Waals surface area contributed by atoms with Gasteiger partial charge in [0.15, 0.2) is 0 Å². The maximum atomic E-state index is 6.11. The van der Waals surface area contributed by atoms with E-state index in [9.17, 15) is 0 Å².